The summed E-state index contributed by atoms with van der Waals surface area (Å²) < 4.78 is 6.70. The third-order valence-corrected chi connectivity index (χ3v) is 4.21. The minimum atomic E-state index is -0.0992. The van der Waals surface area contributed by atoms with Gasteiger partial charge in [0.25, 0.3) is 5.56 Å². The van der Waals surface area contributed by atoms with Gasteiger partial charge in [-0.15, -0.1) is 0 Å². The fourth-order valence-electron chi connectivity index (χ4n) is 2.68. The smallest absolute Gasteiger partial charge is 0.282 e. The van der Waals surface area contributed by atoms with E-state index in [-0.39, 0.29) is 17.6 Å². The quantitative estimate of drug-likeness (QED) is 0.924. The van der Waals surface area contributed by atoms with Gasteiger partial charge in [-0.05, 0) is 37.1 Å². The largest absolute Gasteiger partial charge is 0.384 e. The summed E-state index contributed by atoms with van der Waals surface area (Å²) >= 11 is 12.2. The second-order valence-corrected chi connectivity index (χ2v) is 5.77. The van der Waals surface area contributed by atoms with Crippen LogP contribution in [0.1, 0.15) is 30.5 Å². The summed E-state index contributed by atoms with van der Waals surface area (Å²) in [5.41, 5.74) is 0.901. The Hall–Kier alpha value is -1.23. The summed E-state index contributed by atoms with van der Waals surface area (Å²) in [6.45, 7) is 0.807. The number of rotatable bonds is 2. The number of nitrogens with one attached hydrogen (secondary N) is 1. The van der Waals surface area contributed by atoms with Crippen LogP contribution in [-0.2, 0) is 0 Å². The van der Waals surface area contributed by atoms with Crippen molar-refractivity contribution in [3.05, 3.63) is 56.5 Å². The number of halogens is 2. The summed E-state index contributed by atoms with van der Waals surface area (Å²) in [6.07, 6.45) is 3.04. The standard InChI is InChI=1S/C14H14Cl2N2O2/c15-9-1-2-11(12(16)7-9)13-8-10(3-5-17-13)18-14(19)4-6-20-18/h1-2,4,6-7,10,13,17H,3,5,8H2/t10-,13+/m1/s1. The van der Waals surface area contributed by atoms with E-state index < -0.39 is 0 Å². The van der Waals surface area contributed by atoms with Crippen LogP contribution < -0.4 is 10.9 Å². The number of piperidine rings is 1. The minimum Gasteiger partial charge on any atom is -0.384 e. The molecule has 1 fully saturated rings. The molecule has 3 rings (SSSR count). The van der Waals surface area contributed by atoms with Crippen LogP contribution in [0.15, 0.2) is 39.8 Å². The zero-order valence-corrected chi connectivity index (χ0v) is 12.2. The van der Waals surface area contributed by atoms with Crippen LogP contribution in [0.25, 0.3) is 0 Å². The maximum Gasteiger partial charge on any atom is 0.282 e. The Labute approximate surface area is 126 Å². The van der Waals surface area contributed by atoms with Crippen molar-refractivity contribution in [2.24, 2.45) is 0 Å². The number of benzene rings is 1. The van der Waals surface area contributed by atoms with E-state index in [0.717, 1.165) is 24.9 Å². The Morgan fingerprint density at radius 2 is 2.15 bits per heavy atom. The summed E-state index contributed by atoms with van der Waals surface area (Å²) in [6, 6.07) is 7.07. The highest BCUT2D eigenvalue weighted by molar-refractivity contribution is 6.35. The van der Waals surface area contributed by atoms with Crippen molar-refractivity contribution >= 4 is 23.2 Å². The SMILES string of the molecule is O=c1ccon1[C@@H]1CCN[C@H](c2ccc(Cl)cc2Cl)C1. The molecule has 2 atom stereocenters. The topological polar surface area (TPSA) is 47.2 Å². The summed E-state index contributed by atoms with van der Waals surface area (Å²) in [5, 5.41) is 4.68. The number of aromatic nitrogens is 1. The highest BCUT2D eigenvalue weighted by Crippen LogP contribution is 2.34. The lowest BCUT2D eigenvalue weighted by atomic mass is 9.94. The van der Waals surface area contributed by atoms with Crippen molar-refractivity contribution in [2.45, 2.75) is 24.9 Å². The second-order valence-electron chi connectivity index (χ2n) is 4.92. The van der Waals surface area contributed by atoms with Gasteiger partial charge in [-0.25, -0.2) is 0 Å². The van der Waals surface area contributed by atoms with Crippen molar-refractivity contribution in [2.75, 3.05) is 6.54 Å². The Balaban J connectivity index is 1.85. The zero-order valence-electron chi connectivity index (χ0n) is 10.7. The molecule has 1 aliphatic rings. The third-order valence-electron chi connectivity index (χ3n) is 3.65. The lowest BCUT2D eigenvalue weighted by molar-refractivity contribution is 0.161. The van der Waals surface area contributed by atoms with Gasteiger partial charge in [0.1, 0.15) is 6.26 Å². The van der Waals surface area contributed by atoms with Crippen LogP contribution in [0.5, 0.6) is 0 Å². The van der Waals surface area contributed by atoms with Crippen LogP contribution in [0.3, 0.4) is 0 Å². The highest BCUT2D eigenvalue weighted by atomic mass is 35.5. The number of nitrogens with zero attached hydrogens (tertiary/aromatic N) is 1. The van der Waals surface area contributed by atoms with Crippen molar-refractivity contribution in [1.29, 1.82) is 0 Å². The van der Waals surface area contributed by atoms with Crippen molar-refractivity contribution in [3.8, 4) is 0 Å². The molecular formula is C14H14Cl2N2O2. The maximum atomic E-state index is 11.7. The first kappa shape index (κ1) is 13.7. The molecule has 0 saturated carbocycles. The van der Waals surface area contributed by atoms with Crippen LogP contribution in [0, 0.1) is 0 Å². The van der Waals surface area contributed by atoms with Gasteiger partial charge in [0.2, 0.25) is 0 Å². The molecule has 6 heteroatoms. The molecule has 4 nitrogen and oxygen atoms in total. The monoisotopic (exact) mass is 312 g/mol. The van der Waals surface area contributed by atoms with Crippen LogP contribution in [-0.4, -0.2) is 11.3 Å². The molecule has 0 spiro atoms. The van der Waals surface area contributed by atoms with Crippen LogP contribution in [0.4, 0.5) is 0 Å². The van der Waals surface area contributed by atoms with Crippen LogP contribution in [0.2, 0.25) is 10.0 Å². The lowest BCUT2D eigenvalue weighted by Gasteiger charge is -2.30. The van der Waals surface area contributed by atoms with E-state index in [9.17, 15) is 4.79 Å². The average molecular weight is 313 g/mol. The van der Waals surface area contributed by atoms with Gasteiger partial charge in [0, 0.05) is 22.2 Å². The number of hydrogen-bond donors (Lipinski definition) is 1. The summed E-state index contributed by atoms with van der Waals surface area (Å²) in [5.74, 6) is 0. The molecule has 0 amide bonds. The van der Waals surface area contributed by atoms with Gasteiger partial charge in [-0.1, -0.05) is 29.3 Å². The molecule has 1 N–H and O–H groups in total. The molecule has 1 saturated heterocycles. The Morgan fingerprint density at radius 1 is 1.30 bits per heavy atom. The lowest BCUT2D eigenvalue weighted by Crippen LogP contribution is -2.35. The number of hydrogen-bond acceptors (Lipinski definition) is 3. The molecule has 1 aliphatic heterocycles. The Morgan fingerprint density at radius 3 is 2.85 bits per heavy atom. The predicted octanol–water partition coefficient (Wildman–Crippen LogP) is 3.41. The first-order valence-electron chi connectivity index (χ1n) is 6.50. The van der Waals surface area contributed by atoms with Crippen LogP contribution >= 0.6 is 23.2 Å². The van der Waals surface area contributed by atoms with E-state index in [1.165, 1.54) is 17.1 Å². The molecule has 1 aromatic carbocycles. The summed E-state index contributed by atoms with van der Waals surface area (Å²) in [4.78, 5) is 11.7. The zero-order chi connectivity index (χ0) is 14.1. The molecule has 2 heterocycles. The minimum absolute atomic E-state index is 0.0514. The van der Waals surface area contributed by atoms with Gasteiger partial charge in [-0.3, -0.25) is 4.79 Å². The van der Waals surface area contributed by atoms with Gasteiger partial charge in [0.05, 0.1) is 6.04 Å². The normalized spacial score (nSPS) is 22.9. The van der Waals surface area contributed by atoms with E-state index in [1.807, 2.05) is 12.1 Å². The van der Waals surface area contributed by atoms with E-state index in [4.69, 9.17) is 27.7 Å². The van der Waals surface area contributed by atoms with Gasteiger partial charge in [0.15, 0.2) is 0 Å². The molecule has 1 aromatic heterocycles. The maximum absolute atomic E-state index is 11.7. The molecule has 0 bridgehead atoms. The predicted molar refractivity (Wildman–Crippen MR) is 78.4 cm³/mol. The fraction of sp³-hybridized carbons (Fsp3) is 0.357. The molecule has 2 aromatic rings. The average Bonchev–Trinajstić information content (AvgIpc) is 2.85. The Bertz CT molecular complexity index is 665. The van der Waals surface area contributed by atoms with Gasteiger partial charge >= 0.3 is 0 Å². The molecule has 0 radical (unpaired) electrons. The Kier molecular flexibility index (Phi) is 3.87. The molecule has 20 heavy (non-hydrogen) atoms. The molecular weight excluding hydrogens is 299 g/mol. The molecule has 0 unspecified atom stereocenters. The molecule has 106 valence electrons. The van der Waals surface area contributed by atoms with Crippen molar-refractivity contribution in [1.82, 2.24) is 10.1 Å². The second kappa shape index (κ2) is 5.64. The summed E-state index contributed by atoms with van der Waals surface area (Å²) in [7, 11) is 0. The van der Waals surface area contributed by atoms with E-state index >= 15 is 0 Å². The third kappa shape index (κ3) is 2.64. The van der Waals surface area contributed by atoms with E-state index in [2.05, 4.69) is 5.32 Å². The van der Waals surface area contributed by atoms with Gasteiger partial charge in [-0.2, -0.15) is 4.74 Å². The first-order valence-corrected chi connectivity index (χ1v) is 7.25. The van der Waals surface area contributed by atoms with E-state index in [0.29, 0.717) is 10.0 Å². The highest BCUT2D eigenvalue weighted by Gasteiger charge is 2.27. The fourth-order valence-corrected chi connectivity index (χ4v) is 3.22. The van der Waals surface area contributed by atoms with Gasteiger partial charge < -0.3 is 9.84 Å². The van der Waals surface area contributed by atoms with Crippen molar-refractivity contribution < 1.29 is 4.52 Å². The first-order chi connectivity index (χ1) is 9.65. The molecule has 0 aliphatic carbocycles. The van der Waals surface area contributed by atoms with E-state index in [1.54, 1.807) is 6.07 Å². The van der Waals surface area contributed by atoms with Crippen molar-refractivity contribution in [3.63, 3.8) is 0 Å².